The average Bonchev–Trinajstić information content (AvgIpc) is 3.04. The maximum Gasteiger partial charge on any atom is 0.201 e. The van der Waals surface area contributed by atoms with E-state index >= 15 is 0 Å². The topological polar surface area (TPSA) is 70.4 Å². The fourth-order valence-electron chi connectivity index (χ4n) is 3.10. The molecule has 0 bridgehead atoms. The number of nitrogens with zero attached hydrogens (tertiary/aromatic N) is 2. The number of H-pyrrole nitrogens is 1. The van der Waals surface area contributed by atoms with Gasteiger partial charge in [-0.15, -0.1) is 4.91 Å². The van der Waals surface area contributed by atoms with Crippen molar-refractivity contribution in [3.63, 3.8) is 0 Å². The van der Waals surface area contributed by atoms with Gasteiger partial charge in [-0.2, -0.15) is 0 Å². The molecule has 0 spiro atoms. The van der Waals surface area contributed by atoms with E-state index in [2.05, 4.69) is 10.2 Å². The van der Waals surface area contributed by atoms with E-state index in [0.29, 0.717) is 22.0 Å². The van der Waals surface area contributed by atoms with Crippen LogP contribution < -0.4 is 0 Å². The molecule has 4 rings (SSSR count). The molecule has 23 heavy (non-hydrogen) atoms. The summed E-state index contributed by atoms with van der Waals surface area (Å²) in [4.78, 5) is 14.5. The molecule has 2 N–H and O–H groups in total. The lowest BCUT2D eigenvalue weighted by Gasteiger charge is -1.99. The van der Waals surface area contributed by atoms with E-state index in [-0.39, 0.29) is 17.1 Å². The Balaban J connectivity index is 2.18. The molecule has 114 valence electrons. The van der Waals surface area contributed by atoms with E-state index in [1.807, 2.05) is 12.1 Å². The van der Waals surface area contributed by atoms with Crippen LogP contribution in [-0.4, -0.2) is 14.7 Å². The van der Waals surface area contributed by atoms with Crippen LogP contribution in [0.25, 0.3) is 33.1 Å². The summed E-state index contributed by atoms with van der Waals surface area (Å²) in [6.45, 7) is 0. The molecular weight excluding hydrogens is 297 g/mol. The van der Waals surface area contributed by atoms with Gasteiger partial charge >= 0.3 is 0 Å². The predicted molar refractivity (Wildman–Crippen MR) is 87.3 cm³/mol. The molecule has 0 radical (unpaired) electrons. The van der Waals surface area contributed by atoms with Crippen molar-refractivity contribution in [3.8, 4) is 17.1 Å². The highest BCUT2D eigenvalue weighted by molar-refractivity contribution is 6.07. The molecule has 4 aromatic rings. The summed E-state index contributed by atoms with van der Waals surface area (Å²) >= 11 is 0. The largest absolute Gasteiger partial charge is 0.494 e. The third-order valence-corrected chi connectivity index (χ3v) is 4.15. The fourth-order valence-corrected chi connectivity index (χ4v) is 3.10. The van der Waals surface area contributed by atoms with E-state index < -0.39 is 5.82 Å². The summed E-state index contributed by atoms with van der Waals surface area (Å²) in [5.74, 6) is -0.565. The molecule has 2 heterocycles. The van der Waals surface area contributed by atoms with Crippen molar-refractivity contribution < 1.29 is 9.50 Å². The number of nitrogens with one attached hydrogen (secondary N) is 1. The van der Waals surface area contributed by atoms with Gasteiger partial charge in [0.15, 0.2) is 0 Å². The number of hydrogen-bond donors (Lipinski definition) is 2. The number of nitroso groups, excluding NO2 is 1. The Morgan fingerprint density at radius 3 is 2.65 bits per heavy atom. The summed E-state index contributed by atoms with van der Waals surface area (Å²) < 4.78 is 15.5. The Kier molecular flexibility index (Phi) is 2.74. The van der Waals surface area contributed by atoms with Gasteiger partial charge in [0.2, 0.25) is 5.88 Å². The van der Waals surface area contributed by atoms with Crippen molar-refractivity contribution in [1.29, 1.82) is 0 Å². The van der Waals surface area contributed by atoms with Crippen LogP contribution in [0.2, 0.25) is 0 Å². The van der Waals surface area contributed by atoms with Crippen LogP contribution in [-0.2, 0) is 7.05 Å². The summed E-state index contributed by atoms with van der Waals surface area (Å²) in [5.41, 5.74) is 1.95. The molecular formula is C17H12FN3O2. The van der Waals surface area contributed by atoms with E-state index in [0.717, 1.165) is 5.52 Å². The molecule has 0 fully saturated rings. The van der Waals surface area contributed by atoms with Crippen LogP contribution >= 0.6 is 0 Å². The number of hydrogen-bond acceptors (Lipinski definition) is 3. The van der Waals surface area contributed by atoms with Crippen LogP contribution in [0, 0.1) is 10.7 Å². The minimum absolute atomic E-state index is 0.124. The zero-order valence-electron chi connectivity index (χ0n) is 12.2. The first kappa shape index (κ1) is 13.5. The average molecular weight is 309 g/mol. The van der Waals surface area contributed by atoms with Crippen LogP contribution in [0.1, 0.15) is 0 Å². The molecule has 0 unspecified atom stereocenters. The minimum Gasteiger partial charge on any atom is -0.494 e. The number of fused-ring (bicyclic) bond motifs is 2. The Bertz CT molecular complexity index is 1080. The Hall–Kier alpha value is -3.15. The van der Waals surface area contributed by atoms with Gasteiger partial charge in [-0.1, -0.05) is 30.3 Å². The first-order valence-corrected chi connectivity index (χ1v) is 7.03. The number of aryl methyl sites for hydroxylation is 1. The van der Waals surface area contributed by atoms with E-state index in [1.165, 1.54) is 10.6 Å². The van der Waals surface area contributed by atoms with Gasteiger partial charge in [-0.05, 0) is 17.3 Å². The van der Waals surface area contributed by atoms with Gasteiger partial charge in [-0.25, -0.2) is 4.39 Å². The highest BCUT2D eigenvalue weighted by atomic mass is 19.1. The normalized spacial score (nSPS) is 11.4. The third-order valence-electron chi connectivity index (χ3n) is 4.15. The number of para-hydroxylation sites is 2. The van der Waals surface area contributed by atoms with Gasteiger partial charge in [-0.3, -0.25) is 0 Å². The second kappa shape index (κ2) is 4.67. The summed E-state index contributed by atoms with van der Waals surface area (Å²) in [7, 11) is 1.57. The van der Waals surface area contributed by atoms with Gasteiger partial charge in [0, 0.05) is 23.3 Å². The molecule has 0 atom stereocenters. The lowest BCUT2D eigenvalue weighted by molar-refractivity contribution is 0.436. The molecule has 2 aromatic heterocycles. The lowest BCUT2D eigenvalue weighted by Crippen LogP contribution is -1.88. The smallest absolute Gasteiger partial charge is 0.201 e. The van der Waals surface area contributed by atoms with Crippen molar-refractivity contribution in [2.24, 2.45) is 12.2 Å². The lowest BCUT2D eigenvalue weighted by atomic mass is 10.1. The summed E-state index contributed by atoms with van der Waals surface area (Å²) in [6.07, 6.45) is 0. The van der Waals surface area contributed by atoms with E-state index in [4.69, 9.17) is 0 Å². The molecule has 0 aliphatic carbocycles. The fraction of sp³-hybridized carbons (Fsp3) is 0.0588. The van der Waals surface area contributed by atoms with Crippen molar-refractivity contribution in [1.82, 2.24) is 9.55 Å². The van der Waals surface area contributed by atoms with Gasteiger partial charge in [0.25, 0.3) is 0 Å². The SMILES string of the molecule is Cn1c(O)c(-c2[nH]c3ccccc3c2N=O)c2cccc(F)c21. The second-order valence-electron chi connectivity index (χ2n) is 5.38. The third kappa shape index (κ3) is 1.72. The molecule has 2 aromatic carbocycles. The quantitative estimate of drug-likeness (QED) is 0.532. The Morgan fingerprint density at radius 1 is 1.13 bits per heavy atom. The first-order chi connectivity index (χ1) is 11.1. The van der Waals surface area contributed by atoms with E-state index in [1.54, 1.807) is 31.3 Å². The number of aromatic amines is 1. The van der Waals surface area contributed by atoms with Gasteiger partial charge < -0.3 is 14.7 Å². The Morgan fingerprint density at radius 2 is 1.87 bits per heavy atom. The molecule has 0 amide bonds. The number of rotatable bonds is 2. The Labute approximate surface area is 129 Å². The molecule has 0 aliphatic heterocycles. The highest BCUT2D eigenvalue weighted by Crippen LogP contribution is 2.45. The van der Waals surface area contributed by atoms with Gasteiger partial charge in [0.05, 0.1) is 16.8 Å². The summed E-state index contributed by atoms with van der Waals surface area (Å²) in [5, 5.41) is 14.8. The number of aromatic hydroxyl groups is 1. The van der Waals surface area contributed by atoms with Crippen molar-refractivity contribution in [2.45, 2.75) is 0 Å². The van der Waals surface area contributed by atoms with Crippen molar-refractivity contribution in [2.75, 3.05) is 0 Å². The number of aromatic nitrogens is 2. The van der Waals surface area contributed by atoms with Crippen molar-refractivity contribution >= 4 is 27.5 Å². The first-order valence-electron chi connectivity index (χ1n) is 7.03. The number of halogens is 1. The molecule has 0 aliphatic rings. The van der Waals surface area contributed by atoms with Crippen LogP contribution in [0.4, 0.5) is 10.1 Å². The number of benzene rings is 2. The van der Waals surface area contributed by atoms with Gasteiger partial charge in [0.1, 0.15) is 11.5 Å². The van der Waals surface area contributed by atoms with Crippen LogP contribution in [0.5, 0.6) is 5.88 Å². The molecule has 0 saturated carbocycles. The zero-order chi connectivity index (χ0) is 16.1. The maximum atomic E-state index is 14.1. The summed E-state index contributed by atoms with van der Waals surface area (Å²) in [6, 6.07) is 11.8. The zero-order valence-corrected chi connectivity index (χ0v) is 12.2. The van der Waals surface area contributed by atoms with Crippen LogP contribution in [0.15, 0.2) is 47.6 Å². The highest BCUT2D eigenvalue weighted by Gasteiger charge is 2.24. The maximum absolute atomic E-state index is 14.1. The minimum atomic E-state index is -0.441. The second-order valence-corrected chi connectivity index (χ2v) is 5.38. The molecule has 5 nitrogen and oxygen atoms in total. The van der Waals surface area contributed by atoms with E-state index in [9.17, 15) is 14.4 Å². The van der Waals surface area contributed by atoms with Crippen molar-refractivity contribution in [3.05, 3.63) is 53.2 Å². The molecule has 6 heteroatoms. The monoisotopic (exact) mass is 309 g/mol. The standard InChI is InChI=1S/C17H12FN3O2/c1-21-16-10(6-4-7-11(16)18)13(17(21)22)15-14(20-23)9-5-2-3-8-12(9)19-15/h2-8,19,22H,1H3. The van der Waals surface area contributed by atoms with Crippen LogP contribution in [0.3, 0.4) is 0 Å². The predicted octanol–water partition coefficient (Wildman–Crippen LogP) is 4.57. The molecule has 0 saturated heterocycles.